The predicted octanol–water partition coefficient (Wildman–Crippen LogP) is -0.416. The molecule has 5 nitrogen and oxygen atoms in total. The number of carbonyl (C=O) groups is 2. The number of ketones is 1. The lowest BCUT2D eigenvalue weighted by Gasteiger charge is -2.09. The van der Waals surface area contributed by atoms with Gasteiger partial charge in [0.25, 0.3) is 0 Å². The first-order valence-corrected chi connectivity index (χ1v) is 4.93. The number of nitrogens with one attached hydrogen (secondary N) is 2. The molecule has 1 saturated heterocycles. The van der Waals surface area contributed by atoms with Gasteiger partial charge in [-0.15, -0.1) is 0 Å². The van der Waals surface area contributed by atoms with Crippen molar-refractivity contribution in [3.8, 4) is 0 Å². The summed E-state index contributed by atoms with van der Waals surface area (Å²) in [6.07, 6.45) is -0.0579. The van der Waals surface area contributed by atoms with Crippen LogP contribution in [0.3, 0.4) is 0 Å². The van der Waals surface area contributed by atoms with Crippen LogP contribution in [0.4, 0.5) is 0 Å². The molecule has 15 heavy (non-hydrogen) atoms. The van der Waals surface area contributed by atoms with Crippen LogP contribution >= 0.6 is 0 Å². The van der Waals surface area contributed by atoms with Crippen LogP contribution in [0.25, 0.3) is 0 Å². The Balaban J connectivity index is 2.16. The molecule has 0 aromatic heterocycles. The van der Waals surface area contributed by atoms with Crippen molar-refractivity contribution in [3.05, 3.63) is 12.2 Å². The van der Waals surface area contributed by atoms with Crippen molar-refractivity contribution in [2.75, 3.05) is 19.7 Å². The summed E-state index contributed by atoms with van der Waals surface area (Å²) in [6.45, 7) is 6.72. The Kier molecular flexibility index (Phi) is 4.45. The van der Waals surface area contributed by atoms with Crippen LogP contribution in [-0.2, 0) is 14.3 Å². The highest BCUT2D eigenvalue weighted by atomic mass is 16.5. The molecule has 0 unspecified atom stereocenters. The summed E-state index contributed by atoms with van der Waals surface area (Å²) in [7, 11) is 0. The topological polar surface area (TPSA) is 67.4 Å². The lowest BCUT2D eigenvalue weighted by molar-refractivity contribution is -0.139. The molecule has 1 aliphatic rings. The smallest absolute Gasteiger partial charge is 0.333 e. The van der Waals surface area contributed by atoms with E-state index in [-0.39, 0.29) is 25.0 Å². The third kappa shape index (κ3) is 3.81. The maximum absolute atomic E-state index is 11.5. The molecule has 1 rings (SSSR count). The molecule has 2 N–H and O–H groups in total. The van der Waals surface area contributed by atoms with Crippen LogP contribution in [0.15, 0.2) is 12.2 Å². The zero-order chi connectivity index (χ0) is 11.3. The highest BCUT2D eigenvalue weighted by Gasteiger charge is 2.20. The van der Waals surface area contributed by atoms with Crippen LogP contribution in [0.2, 0.25) is 0 Å². The SMILES string of the molecule is C=C(C)C(=O)OCCC(=O)C1NCCN1. The quantitative estimate of drug-likeness (QED) is 0.479. The van der Waals surface area contributed by atoms with Gasteiger partial charge in [0, 0.05) is 25.1 Å². The molecule has 0 aromatic carbocycles. The van der Waals surface area contributed by atoms with Gasteiger partial charge in [-0.05, 0) is 6.92 Å². The minimum absolute atomic E-state index is 0.0158. The first-order valence-electron chi connectivity index (χ1n) is 4.93. The number of hydrogen-bond acceptors (Lipinski definition) is 5. The molecule has 0 radical (unpaired) electrons. The molecule has 0 aliphatic carbocycles. The van der Waals surface area contributed by atoms with Crippen LogP contribution in [0, 0.1) is 0 Å². The largest absolute Gasteiger partial charge is 0.462 e. The summed E-state index contributed by atoms with van der Waals surface area (Å²) in [5.74, 6) is -0.433. The number of hydrogen-bond donors (Lipinski definition) is 2. The molecule has 1 fully saturated rings. The van der Waals surface area contributed by atoms with Gasteiger partial charge in [-0.25, -0.2) is 4.79 Å². The Morgan fingerprint density at radius 3 is 2.53 bits per heavy atom. The van der Waals surface area contributed by atoms with Crippen molar-refractivity contribution < 1.29 is 14.3 Å². The third-order valence-corrected chi connectivity index (χ3v) is 2.07. The minimum atomic E-state index is -0.449. The van der Waals surface area contributed by atoms with Crippen molar-refractivity contribution in [2.45, 2.75) is 19.5 Å². The van der Waals surface area contributed by atoms with Gasteiger partial charge in [0.05, 0.1) is 6.61 Å². The van der Waals surface area contributed by atoms with Crippen molar-refractivity contribution in [1.29, 1.82) is 0 Å². The van der Waals surface area contributed by atoms with E-state index >= 15 is 0 Å². The first-order chi connectivity index (χ1) is 7.11. The fraction of sp³-hybridized carbons (Fsp3) is 0.600. The van der Waals surface area contributed by atoms with Crippen molar-refractivity contribution in [1.82, 2.24) is 10.6 Å². The Morgan fingerprint density at radius 1 is 1.40 bits per heavy atom. The van der Waals surface area contributed by atoms with Gasteiger partial charge in [-0.3, -0.25) is 15.4 Å². The van der Waals surface area contributed by atoms with E-state index in [4.69, 9.17) is 4.74 Å². The fourth-order valence-corrected chi connectivity index (χ4v) is 1.24. The van der Waals surface area contributed by atoms with Crippen molar-refractivity contribution >= 4 is 11.8 Å². The maximum Gasteiger partial charge on any atom is 0.333 e. The summed E-state index contributed by atoms with van der Waals surface area (Å²) >= 11 is 0. The Morgan fingerprint density at radius 2 is 2.00 bits per heavy atom. The maximum atomic E-state index is 11.5. The normalized spacial score (nSPS) is 16.3. The van der Waals surface area contributed by atoms with E-state index in [9.17, 15) is 9.59 Å². The van der Waals surface area contributed by atoms with E-state index in [0.717, 1.165) is 13.1 Å². The number of carbonyl (C=O) groups excluding carboxylic acids is 2. The van der Waals surface area contributed by atoms with E-state index < -0.39 is 5.97 Å². The number of ether oxygens (including phenoxy) is 1. The van der Waals surface area contributed by atoms with E-state index in [0.29, 0.717) is 5.57 Å². The molecule has 0 bridgehead atoms. The monoisotopic (exact) mass is 212 g/mol. The van der Waals surface area contributed by atoms with Gasteiger partial charge in [-0.2, -0.15) is 0 Å². The van der Waals surface area contributed by atoms with E-state index in [1.165, 1.54) is 0 Å². The summed E-state index contributed by atoms with van der Waals surface area (Å²) in [6, 6.07) is 0. The van der Waals surface area contributed by atoms with Gasteiger partial charge < -0.3 is 4.74 Å². The highest BCUT2D eigenvalue weighted by Crippen LogP contribution is 1.97. The summed E-state index contributed by atoms with van der Waals surface area (Å²) < 4.78 is 4.82. The van der Waals surface area contributed by atoms with Crippen LogP contribution in [0.1, 0.15) is 13.3 Å². The lowest BCUT2D eigenvalue weighted by atomic mass is 10.2. The van der Waals surface area contributed by atoms with Gasteiger partial charge in [0.15, 0.2) is 5.78 Å². The molecule has 0 amide bonds. The molecule has 1 aliphatic heterocycles. The average Bonchev–Trinajstić information content (AvgIpc) is 2.70. The molecular weight excluding hydrogens is 196 g/mol. The Hall–Kier alpha value is -1.20. The van der Waals surface area contributed by atoms with E-state index in [1.54, 1.807) is 6.92 Å². The van der Waals surface area contributed by atoms with E-state index in [1.807, 2.05) is 0 Å². The van der Waals surface area contributed by atoms with Crippen LogP contribution in [0.5, 0.6) is 0 Å². The second-order valence-electron chi connectivity index (χ2n) is 3.47. The molecule has 5 heteroatoms. The molecule has 84 valence electrons. The molecule has 0 aromatic rings. The van der Waals surface area contributed by atoms with Gasteiger partial charge in [0.2, 0.25) is 0 Å². The number of esters is 1. The van der Waals surface area contributed by atoms with Crippen LogP contribution < -0.4 is 10.6 Å². The molecular formula is C10H16N2O3. The summed E-state index contributed by atoms with van der Waals surface area (Å²) in [5.41, 5.74) is 0.347. The average molecular weight is 212 g/mol. The van der Waals surface area contributed by atoms with E-state index in [2.05, 4.69) is 17.2 Å². The lowest BCUT2D eigenvalue weighted by Crippen LogP contribution is -2.39. The second kappa shape index (κ2) is 5.63. The zero-order valence-electron chi connectivity index (χ0n) is 8.84. The Labute approximate surface area is 88.9 Å². The first kappa shape index (κ1) is 11.9. The molecule has 1 heterocycles. The fourth-order valence-electron chi connectivity index (χ4n) is 1.24. The molecule has 0 saturated carbocycles. The highest BCUT2D eigenvalue weighted by molar-refractivity contribution is 5.87. The van der Waals surface area contributed by atoms with Gasteiger partial charge in [-0.1, -0.05) is 6.58 Å². The second-order valence-corrected chi connectivity index (χ2v) is 3.47. The molecule has 0 atom stereocenters. The van der Waals surface area contributed by atoms with Crippen LogP contribution in [-0.4, -0.2) is 37.6 Å². The number of rotatable bonds is 5. The Bertz CT molecular complexity index is 270. The van der Waals surface area contributed by atoms with Crippen molar-refractivity contribution in [3.63, 3.8) is 0 Å². The number of Topliss-reactive ketones (excluding diaryl/α,β-unsaturated/α-hetero) is 1. The minimum Gasteiger partial charge on any atom is -0.462 e. The summed E-state index contributed by atoms with van der Waals surface area (Å²) in [4.78, 5) is 22.4. The molecule has 0 spiro atoms. The summed E-state index contributed by atoms with van der Waals surface area (Å²) in [5, 5.41) is 6.00. The third-order valence-electron chi connectivity index (χ3n) is 2.07. The van der Waals surface area contributed by atoms with Gasteiger partial charge in [0.1, 0.15) is 6.17 Å². The zero-order valence-corrected chi connectivity index (χ0v) is 8.84. The standard InChI is InChI=1S/C10H16N2O3/c1-7(2)10(14)15-6-3-8(13)9-11-4-5-12-9/h9,11-12H,1,3-6H2,2H3. The van der Waals surface area contributed by atoms with Crippen molar-refractivity contribution in [2.24, 2.45) is 0 Å². The predicted molar refractivity (Wildman–Crippen MR) is 55.2 cm³/mol. The van der Waals surface area contributed by atoms with Gasteiger partial charge >= 0.3 is 5.97 Å².